The number of nitrogens with one attached hydrogen (secondary N) is 2. The number of carbonyl (C=O) groups is 2. The number of carbonyl (C=O) groups excluding carboxylic acids is 2. The van der Waals surface area contributed by atoms with Crippen LogP contribution in [-0.2, 0) is 24.4 Å². The van der Waals surface area contributed by atoms with E-state index in [-0.39, 0.29) is 39.2 Å². The maximum atomic E-state index is 13.9. The van der Waals surface area contributed by atoms with Crippen molar-refractivity contribution in [3.63, 3.8) is 0 Å². The summed E-state index contributed by atoms with van der Waals surface area (Å²) in [5.41, 5.74) is -0.0652. The lowest BCUT2D eigenvalue weighted by molar-refractivity contribution is -0.895. The molecule has 3 heterocycles. The van der Waals surface area contributed by atoms with Crippen molar-refractivity contribution in [2.24, 2.45) is 7.05 Å². The SMILES string of the molecule is CC1C(=O)c2c(nn(C)c2CC(=O)Nc2nc(-c3ccc(C(F)(F)F)c(F)c3)cs2)C(C)[NH+]1[O-]. The third-order valence-corrected chi connectivity index (χ3v) is 6.50. The van der Waals surface area contributed by atoms with Crippen molar-refractivity contribution in [3.05, 3.63) is 57.1 Å². The number of hydrogen-bond acceptors (Lipinski definition) is 6. The van der Waals surface area contributed by atoms with Gasteiger partial charge >= 0.3 is 6.18 Å². The molecule has 0 radical (unpaired) electrons. The summed E-state index contributed by atoms with van der Waals surface area (Å²) in [6.45, 7) is 3.20. The third kappa shape index (κ3) is 4.21. The number of fused-ring (bicyclic) bond motifs is 1. The minimum absolute atomic E-state index is 0.126. The normalized spacial score (nSPS) is 20.4. The fourth-order valence-electron chi connectivity index (χ4n) is 3.90. The first kappa shape index (κ1) is 24.0. The molecule has 2 N–H and O–H groups in total. The van der Waals surface area contributed by atoms with E-state index < -0.39 is 35.5 Å². The molecule has 2 aromatic heterocycles. The van der Waals surface area contributed by atoms with E-state index in [2.05, 4.69) is 15.4 Å². The number of ketones is 1. The highest BCUT2D eigenvalue weighted by atomic mass is 32.1. The van der Waals surface area contributed by atoms with Gasteiger partial charge in [-0.15, -0.1) is 11.3 Å². The van der Waals surface area contributed by atoms with Crippen LogP contribution in [0.25, 0.3) is 11.3 Å². The predicted molar refractivity (Wildman–Crippen MR) is 115 cm³/mol. The van der Waals surface area contributed by atoms with Crippen molar-refractivity contribution < 1.29 is 32.2 Å². The maximum absolute atomic E-state index is 13.9. The molecule has 0 bridgehead atoms. The lowest BCUT2D eigenvalue weighted by Gasteiger charge is -2.36. The van der Waals surface area contributed by atoms with Crippen LogP contribution < -0.4 is 10.4 Å². The van der Waals surface area contributed by atoms with Gasteiger partial charge in [0.25, 0.3) is 0 Å². The quantitative estimate of drug-likeness (QED) is 0.426. The molecule has 8 nitrogen and oxygen atoms in total. The summed E-state index contributed by atoms with van der Waals surface area (Å²) in [5, 5.41) is 20.5. The first-order chi connectivity index (χ1) is 15.9. The van der Waals surface area contributed by atoms with Crippen LogP contribution in [-0.4, -0.2) is 32.5 Å². The molecule has 3 atom stereocenters. The summed E-state index contributed by atoms with van der Waals surface area (Å²) >= 11 is 1.01. The molecule has 1 aromatic carbocycles. The number of amides is 1. The van der Waals surface area contributed by atoms with Crippen LogP contribution in [0.5, 0.6) is 0 Å². The Bertz CT molecular complexity index is 1290. The molecule has 1 aliphatic heterocycles. The number of anilines is 1. The van der Waals surface area contributed by atoms with E-state index in [0.29, 0.717) is 17.5 Å². The largest absolute Gasteiger partial charge is 0.633 e. The van der Waals surface area contributed by atoms with Gasteiger partial charge in [0.05, 0.1) is 28.9 Å². The molecular weight excluding hydrogens is 478 g/mol. The van der Waals surface area contributed by atoms with E-state index in [0.717, 1.165) is 23.5 Å². The van der Waals surface area contributed by atoms with E-state index in [9.17, 15) is 32.4 Å². The average Bonchev–Trinajstić information content (AvgIpc) is 3.34. The molecule has 0 saturated carbocycles. The van der Waals surface area contributed by atoms with Crippen LogP contribution in [0.15, 0.2) is 23.6 Å². The highest BCUT2D eigenvalue weighted by Crippen LogP contribution is 2.34. The Morgan fingerprint density at radius 2 is 2.00 bits per heavy atom. The molecule has 0 spiro atoms. The van der Waals surface area contributed by atoms with Gasteiger partial charge in [-0.1, -0.05) is 6.07 Å². The summed E-state index contributed by atoms with van der Waals surface area (Å²) < 4.78 is 53.6. The lowest BCUT2D eigenvalue weighted by atomic mass is 9.93. The van der Waals surface area contributed by atoms with Crippen molar-refractivity contribution in [2.45, 2.75) is 38.5 Å². The summed E-state index contributed by atoms with van der Waals surface area (Å²) in [6.07, 6.45) is -5.01. The van der Waals surface area contributed by atoms with E-state index in [1.54, 1.807) is 14.0 Å². The van der Waals surface area contributed by atoms with Gasteiger partial charge in [0.15, 0.2) is 5.13 Å². The Kier molecular flexibility index (Phi) is 6.04. The Labute approximate surface area is 194 Å². The van der Waals surface area contributed by atoms with Gasteiger partial charge in [-0.3, -0.25) is 14.3 Å². The fourth-order valence-corrected chi connectivity index (χ4v) is 4.63. The van der Waals surface area contributed by atoms with Gasteiger partial charge in [0.2, 0.25) is 11.7 Å². The molecule has 4 rings (SSSR count). The van der Waals surface area contributed by atoms with Crippen LogP contribution in [0.2, 0.25) is 0 Å². The highest BCUT2D eigenvalue weighted by molar-refractivity contribution is 7.14. The molecule has 180 valence electrons. The number of aryl methyl sites for hydroxylation is 1. The van der Waals surface area contributed by atoms with Crippen molar-refractivity contribution in [2.75, 3.05) is 5.32 Å². The second kappa shape index (κ2) is 8.56. The Morgan fingerprint density at radius 1 is 1.29 bits per heavy atom. The van der Waals surface area contributed by atoms with Gasteiger partial charge in [-0.25, -0.2) is 9.37 Å². The monoisotopic (exact) mass is 497 g/mol. The molecule has 1 aliphatic rings. The molecule has 0 fully saturated rings. The van der Waals surface area contributed by atoms with Crippen molar-refractivity contribution in [1.82, 2.24) is 14.8 Å². The summed E-state index contributed by atoms with van der Waals surface area (Å²) in [5.74, 6) is -2.30. The highest BCUT2D eigenvalue weighted by Gasteiger charge is 2.40. The van der Waals surface area contributed by atoms with E-state index in [1.165, 1.54) is 17.0 Å². The standard InChI is InChI=1S/C21H19F4N5O3S/c1-9-18-17(19(32)10(2)30(9)33)15(29(3)28-18)7-16(31)27-20-26-14(8-34-20)11-4-5-12(13(22)6-11)21(23,24)25/h4-6,8-10,30H,7H2,1-3H3,(H,26,27,31). The zero-order valence-electron chi connectivity index (χ0n) is 18.2. The van der Waals surface area contributed by atoms with Crippen LogP contribution in [0.4, 0.5) is 22.7 Å². The van der Waals surface area contributed by atoms with Gasteiger partial charge in [0, 0.05) is 18.0 Å². The van der Waals surface area contributed by atoms with Gasteiger partial charge in [-0.05, 0) is 26.0 Å². The number of Topliss-reactive ketones (excluding diaryl/α,β-unsaturated/α-hetero) is 1. The molecule has 3 aromatic rings. The average molecular weight is 497 g/mol. The molecule has 0 saturated heterocycles. The second-order valence-corrected chi connectivity index (χ2v) is 8.85. The first-order valence-electron chi connectivity index (χ1n) is 10.1. The zero-order chi connectivity index (χ0) is 24.9. The Balaban J connectivity index is 1.52. The number of quaternary nitrogens is 1. The Morgan fingerprint density at radius 3 is 2.65 bits per heavy atom. The summed E-state index contributed by atoms with van der Waals surface area (Å²) in [7, 11) is 1.58. The summed E-state index contributed by atoms with van der Waals surface area (Å²) in [4.78, 5) is 29.5. The van der Waals surface area contributed by atoms with Gasteiger partial charge in [-0.2, -0.15) is 18.3 Å². The molecular formula is C21H19F4N5O3S. The van der Waals surface area contributed by atoms with Gasteiger partial charge in [0.1, 0.15) is 23.6 Å². The predicted octanol–water partition coefficient (Wildman–Crippen LogP) is 2.91. The molecule has 1 amide bonds. The molecule has 13 heteroatoms. The number of aromatic nitrogens is 3. The van der Waals surface area contributed by atoms with Crippen molar-refractivity contribution in [1.29, 1.82) is 0 Å². The number of halogens is 4. The topological polar surface area (TPSA) is 104 Å². The molecule has 34 heavy (non-hydrogen) atoms. The number of hydroxylamine groups is 2. The number of rotatable bonds is 4. The molecule has 0 aliphatic carbocycles. The number of hydrogen-bond donors (Lipinski definition) is 2. The van der Waals surface area contributed by atoms with E-state index in [1.807, 2.05) is 0 Å². The van der Waals surface area contributed by atoms with Crippen molar-refractivity contribution >= 4 is 28.2 Å². The number of nitrogens with zero attached hydrogens (tertiary/aromatic N) is 3. The smallest absolute Gasteiger partial charge is 0.419 e. The third-order valence-electron chi connectivity index (χ3n) is 5.75. The fraction of sp³-hybridized carbons (Fsp3) is 0.333. The van der Waals surface area contributed by atoms with Crippen LogP contribution >= 0.6 is 11.3 Å². The minimum Gasteiger partial charge on any atom is -0.633 e. The van der Waals surface area contributed by atoms with Crippen LogP contribution in [0.3, 0.4) is 0 Å². The van der Waals surface area contributed by atoms with Gasteiger partial charge < -0.3 is 15.6 Å². The van der Waals surface area contributed by atoms with Crippen LogP contribution in [0.1, 0.15) is 47.2 Å². The zero-order valence-corrected chi connectivity index (χ0v) is 19.0. The van der Waals surface area contributed by atoms with E-state index in [4.69, 9.17) is 0 Å². The number of benzene rings is 1. The lowest BCUT2D eigenvalue weighted by Crippen LogP contribution is -3.13. The minimum atomic E-state index is -4.81. The molecule has 3 unspecified atom stereocenters. The second-order valence-electron chi connectivity index (χ2n) is 8.00. The maximum Gasteiger partial charge on any atom is 0.419 e. The Hall–Kier alpha value is -3.16. The van der Waals surface area contributed by atoms with Crippen molar-refractivity contribution in [3.8, 4) is 11.3 Å². The van der Waals surface area contributed by atoms with E-state index >= 15 is 0 Å². The van der Waals surface area contributed by atoms with Crippen LogP contribution in [0, 0.1) is 11.0 Å². The number of thiazole rings is 1. The number of alkyl halides is 3. The first-order valence-corrected chi connectivity index (χ1v) is 11.0. The summed E-state index contributed by atoms with van der Waals surface area (Å²) in [6, 6.07) is 1.09.